The molecule has 1 aliphatic rings. The monoisotopic (exact) mass is 482 g/mol. The van der Waals surface area contributed by atoms with Crippen molar-refractivity contribution in [3.8, 4) is 11.5 Å². The summed E-state index contributed by atoms with van der Waals surface area (Å²) >= 11 is 0. The summed E-state index contributed by atoms with van der Waals surface area (Å²) in [5.41, 5.74) is 4.07. The van der Waals surface area contributed by atoms with Gasteiger partial charge in [-0.25, -0.2) is 9.78 Å². The quantitative estimate of drug-likeness (QED) is 0.312. The number of anilines is 1. The van der Waals surface area contributed by atoms with E-state index < -0.39 is 0 Å². The number of nitrogens with zero attached hydrogens (tertiary/aromatic N) is 5. The summed E-state index contributed by atoms with van der Waals surface area (Å²) in [5.74, 6) is 2.15. The summed E-state index contributed by atoms with van der Waals surface area (Å²) in [6, 6.07) is 17.4. The molecule has 9 heteroatoms. The maximum atomic E-state index is 12.6. The van der Waals surface area contributed by atoms with Crippen molar-refractivity contribution in [3.63, 3.8) is 0 Å². The molecule has 0 saturated carbocycles. The van der Waals surface area contributed by atoms with Crippen molar-refractivity contribution >= 4 is 23.4 Å². The van der Waals surface area contributed by atoms with E-state index in [1.165, 1.54) is 0 Å². The Balaban J connectivity index is 1.53. The van der Waals surface area contributed by atoms with Crippen LogP contribution in [0.25, 0.3) is 11.6 Å². The van der Waals surface area contributed by atoms with Crippen molar-refractivity contribution < 1.29 is 14.3 Å². The van der Waals surface area contributed by atoms with Gasteiger partial charge in [-0.1, -0.05) is 37.3 Å². The van der Waals surface area contributed by atoms with Gasteiger partial charge < -0.3 is 14.4 Å². The molecule has 1 aliphatic heterocycles. The maximum Gasteiger partial charge on any atom is 0.341 e. The normalized spacial score (nSPS) is 12.0. The average molecular weight is 483 g/mol. The lowest BCUT2D eigenvalue weighted by molar-refractivity contribution is 0.0526. The molecular weight excluding hydrogens is 456 g/mol. The fourth-order valence-electron chi connectivity index (χ4n) is 4.24. The van der Waals surface area contributed by atoms with Crippen LogP contribution in [0.1, 0.15) is 53.1 Å². The highest BCUT2D eigenvalue weighted by Gasteiger charge is 2.23. The Morgan fingerprint density at radius 1 is 1.08 bits per heavy atom. The van der Waals surface area contributed by atoms with Crippen LogP contribution in [0.3, 0.4) is 0 Å². The summed E-state index contributed by atoms with van der Waals surface area (Å²) < 4.78 is 11.6. The van der Waals surface area contributed by atoms with Crippen LogP contribution >= 0.6 is 0 Å². The zero-order valence-corrected chi connectivity index (χ0v) is 20.1. The molecule has 0 fully saturated rings. The van der Waals surface area contributed by atoms with Crippen LogP contribution in [-0.2, 0) is 11.3 Å². The summed E-state index contributed by atoms with van der Waals surface area (Å²) in [6.07, 6.45) is 4.59. The van der Waals surface area contributed by atoms with Gasteiger partial charge in [0.1, 0.15) is 22.9 Å². The first-order valence-electron chi connectivity index (χ1n) is 11.9. The van der Waals surface area contributed by atoms with Gasteiger partial charge in [0.25, 0.3) is 0 Å². The molecular formula is C27H26N6O3. The van der Waals surface area contributed by atoms with Crippen molar-refractivity contribution in [1.29, 1.82) is 0 Å². The third-order valence-electron chi connectivity index (χ3n) is 5.81. The van der Waals surface area contributed by atoms with Crippen molar-refractivity contribution in [1.82, 2.24) is 25.6 Å². The molecule has 5 rings (SSSR count). The van der Waals surface area contributed by atoms with Gasteiger partial charge in [0.05, 0.1) is 6.61 Å². The van der Waals surface area contributed by atoms with Crippen LogP contribution in [0.15, 0.2) is 60.8 Å². The van der Waals surface area contributed by atoms with E-state index in [0.717, 1.165) is 41.0 Å². The largest absolute Gasteiger partial charge is 0.462 e. The number of ether oxygens (including phenoxy) is 2. The minimum Gasteiger partial charge on any atom is -0.462 e. The highest BCUT2D eigenvalue weighted by Crippen LogP contribution is 2.40. The van der Waals surface area contributed by atoms with Crippen LogP contribution in [0.5, 0.6) is 11.5 Å². The molecule has 182 valence electrons. The number of H-pyrrole nitrogens is 1. The van der Waals surface area contributed by atoms with Gasteiger partial charge in [-0.3, -0.25) is 0 Å². The van der Waals surface area contributed by atoms with Gasteiger partial charge in [0.15, 0.2) is 0 Å². The van der Waals surface area contributed by atoms with Crippen molar-refractivity contribution in [2.75, 3.05) is 18.1 Å². The number of hydrogen-bond acceptors (Lipinski definition) is 8. The van der Waals surface area contributed by atoms with E-state index in [1.807, 2.05) is 48.5 Å². The number of pyridine rings is 1. The summed E-state index contributed by atoms with van der Waals surface area (Å²) in [4.78, 5) is 19.2. The molecule has 1 N–H and O–H groups in total. The summed E-state index contributed by atoms with van der Waals surface area (Å²) in [5, 5.41) is 14.7. The van der Waals surface area contributed by atoms with E-state index in [2.05, 4.69) is 37.4 Å². The number of tetrazole rings is 1. The van der Waals surface area contributed by atoms with Gasteiger partial charge in [-0.15, -0.1) is 10.2 Å². The Hall–Kier alpha value is -4.53. The van der Waals surface area contributed by atoms with Crippen molar-refractivity contribution in [2.24, 2.45) is 0 Å². The summed E-state index contributed by atoms with van der Waals surface area (Å²) in [7, 11) is 0. The highest BCUT2D eigenvalue weighted by atomic mass is 16.5. The molecule has 4 aromatic rings. The molecule has 2 aromatic heterocycles. The van der Waals surface area contributed by atoms with E-state index in [9.17, 15) is 4.79 Å². The van der Waals surface area contributed by atoms with E-state index in [4.69, 9.17) is 9.47 Å². The second kappa shape index (κ2) is 10.4. The van der Waals surface area contributed by atoms with Gasteiger partial charge in [-0.2, -0.15) is 5.21 Å². The first-order valence-corrected chi connectivity index (χ1v) is 11.9. The van der Waals surface area contributed by atoms with Crippen LogP contribution in [0.4, 0.5) is 5.82 Å². The third-order valence-corrected chi connectivity index (χ3v) is 5.81. The number of rotatable bonds is 8. The number of aromatic amines is 1. The van der Waals surface area contributed by atoms with Crippen LogP contribution in [-0.4, -0.2) is 44.7 Å². The molecule has 36 heavy (non-hydrogen) atoms. The molecule has 2 aromatic carbocycles. The lowest BCUT2D eigenvalue weighted by Gasteiger charge is -2.25. The van der Waals surface area contributed by atoms with E-state index in [-0.39, 0.29) is 5.97 Å². The Kier molecular flexibility index (Phi) is 6.70. The smallest absolute Gasteiger partial charge is 0.341 e. The topological polar surface area (TPSA) is 106 Å². The predicted octanol–water partition coefficient (Wildman–Crippen LogP) is 4.88. The second-order valence-electron chi connectivity index (χ2n) is 8.28. The Morgan fingerprint density at radius 3 is 2.78 bits per heavy atom. The van der Waals surface area contributed by atoms with Crippen LogP contribution in [0.2, 0.25) is 0 Å². The number of benzene rings is 2. The number of fused-ring (bicyclic) bond motifs is 2. The molecule has 0 aliphatic carbocycles. The van der Waals surface area contributed by atoms with E-state index in [1.54, 1.807) is 25.3 Å². The number of aromatic nitrogens is 5. The van der Waals surface area contributed by atoms with E-state index >= 15 is 0 Å². The Labute approximate surface area is 208 Å². The lowest BCUT2D eigenvalue weighted by atomic mass is 10.00. The molecule has 0 amide bonds. The number of nitrogens with one attached hydrogen (secondary N) is 1. The van der Waals surface area contributed by atoms with Crippen molar-refractivity contribution in [3.05, 3.63) is 88.9 Å². The fourth-order valence-corrected chi connectivity index (χ4v) is 4.24. The second-order valence-corrected chi connectivity index (χ2v) is 8.28. The molecule has 3 heterocycles. The number of carbonyl (C=O) groups excluding carboxylic acids is 1. The molecule has 0 bridgehead atoms. The van der Waals surface area contributed by atoms with Crippen LogP contribution < -0.4 is 9.64 Å². The van der Waals surface area contributed by atoms with Crippen molar-refractivity contribution in [2.45, 2.75) is 26.8 Å². The molecule has 0 saturated heterocycles. The van der Waals surface area contributed by atoms with Crippen LogP contribution in [0, 0.1) is 0 Å². The molecule has 0 spiro atoms. The first-order chi connectivity index (χ1) is 17.7. The standard InChI is InChI=1S/C27H26N6O3/c1-3-14-33(26-21(9-7-13-28-26)27(34)35-4-2)17-18-11-12-20-22(25-29-31-32-30-25)16-19-8-5-6-10-23(19)36-24(20)15-18/h5-13,15-16H,3-4,14,17H2,1-2H3,(H,29,30,31,32). The minimum absolute atomic E-state index is 0.306. The minimum atomic E-state index is -0.376. The molecule has 0 atom stereocenters. The van der Waals surface area contributed by atoms with Gasteiger partial charge in [-0.05, 0) is 54.5 Å². The summed E-state index contributed by atoms with van der Waals surface area (Å²) in [6.45, 7) is 5.46. The first kappa shape index (κ1) is 23.2. The molecule has 0 radical (unpaired) electrons. The molecule has 0 unspecified atom stereocenters. The Morgan fingerprint density at radius 2 is 1.97 bits per heavy atom. The SMILES string of the molecule is CCCN(Cc1ccc2c(c1)Oc1ccccc1C=C2c1nn[nH]n1)c1ncccc1C(=O)OCC. The zero-order chi connectivity index (χ0) is 24.9. The lowest BCUT2D eigenvalue weighted by Crippen LogP contribution is -2.27. The molecule has 9 nitrogen and oxygen atoms in total. The maximum absolute atomic E-state index is 12.6. The highest BCUT2D eigenvalue weighted by molar-refractivity contribution is 5.95. The predicted molar refractivity (Wildman–Crippen MR) is 136 cm³/mol. The number of carbonyl (C=O) groups is 1. The van der Waals surface area contributed by atoms with E-state index in [0.29, 0.717) is 36.1 Å². The van der Waals surface area contributed by atoms with Gasteiger partial charge in [0.2, 0.25) is 5.82 Å². The number of hydrogen-bond donors (Lipinski definition) is 1. The number of para-hydroxylation sites is 1. The fraction of sp³-hybridized carbons (Fsp3) is 0.222. The average Bonchev–Trinajstić information content (AvgIpc) is 3.38. The Bertz CT molecular complexity index is 1400. The third kappa shape index (κ3) is 4.68. The van der Waals surface area contributed by atoms with Gasteiger partial charge >= 0.3 is 5.97 Å². The van der Waals surface area contributed by atoms with Gasteiger partial charge in [0, 0.05) is 36.0 Å². The zero-order valence-electron chi connectivity index (χ0n) is 20.1. The number of esters is 1.